The number of aryl methyl sites for hydroxylation is 1. The Balaban J connectivity index is 1.75. The number of anilines is 1. The van der Waals surface area contributed by atoms with Gasteiger partial charge in [-0.3, -0.25) is 4.90 Å². The average molecular weight is 241 g/mol. The third-order valence-corrected chi connectivity index (χ3v) is 3.98. The SMILES string of the molecule is Cc1cccc(NC2(C#N)CCN(C3CC3)C2)c1. The van der Waals surface area contributed by atoms with E-state index < -0.39 is 5.54 Å². The highest BCUT2D eigenvalue weighted by atomic mass is 15.2. The molecule has 2 fully saturated rings. The Morgan fingerprint density at radius 2 is 2.28 bits per heavy atom. The van der Waals surface area contributed by atoms with Crippen molar-refractivity contribution in [3.05, 3.63) is 29.8 Å². The van der Waals surface area contributed by atoms with Gasteiger partial charge in [0.05, 0.1) is 6.07 Å². The fourth-order valence-electron chi connectivity index (χ4n) is 2.81. The van der Waals surface area contributed by atoms with Gasteiger partial charge in [0, 0.05) is 24.8 Å². The molecule has 1 aromatic carbocycles. The third-order valence-electron chi connectivity index (χ3n) is 3.98. The number of nitriles is 1. The fraction of sp³-hybridized carbons (Fsp3) is 0.533. The number of nitrogens with zero attached hydrogens (tertiary/aromatic N) is 2. The Bertz CT molecular complexity index is 487. The quantitative estimate of drug-likeness (QED) is 0.884. The van der Waals surface area contributed by atoms with Crippen LogP contribution >= 0.6 is 0 Å². The highest BCUT2D eigenvalue weighted by Gasteiger charge is 2.43. The Hall–Kier alpha value is -1.53. The summed E-state index contributed by atoms with van der Waals surface area (Å²) in [6, 6.07) is 11.5. The monoisotopic (exact) mass is 241 g/mol. The first-order valence-electron chi connectivity index (χ1n) is 6.71. The van der Waals surface area contributed by atoms with Crippen molar-refractivity contribution in [3.63, 3.8) is 0 Å². The smallest absolute Gasteiger partial charge is 0.139 e. The molecule has 1 aromatic rings. The van der Waals surface area contributed by atoms with Crippen molar-refractivity contribution in [2.75, 3.05) is 18.4 Å². The lowest BCUT2D eigenvalue weighted by Crippen LogP contribution is -2.40. The van der Waals surface area contributed by atoms with Gasteiger partial charge in [-0.25, -0.2) is 0 Å². The van der Waals surface area contributed by atoms with Crippen LogP contribution in [0.2, 0.25) is 0 Å². The van der Waals surface area contributed by atoms with Crippen LogP contribution in [0.5, 0.6) is 0 Å². The number of rotatable bonds is 3. The second-order valence-corrected chi connectivity index (χ2v) is 5.64. The summed E-state index contributed by atoms with van der Waals surface area (Å²) < 4.78 is 0. The van der Waals surface area contributed by atoms with E-state index in [2.05, 4.69) is 35.3 Å². The summed E-state index contributed by atoms with van der Waals surface area (Å²) in [7, 11) is 0. The predicted molar refractivity (Wildman–Crippen MR) is 72.4 cm³/mol. The molecule has 1 aliphatic carbocycles. The predicted octanol–water partition coefficient (Wildman–Crippen LogP) is 2.54. The van der Waals surface area contributed by atoms with E-state index in [4.69, 9.17) is 0 Å². The molecule has 2 aliphatic rings. The van der Waals surface area contributed by atoms with Crippen LogP contribution in [-0.2, 0) is 0 Å². The molecular weight excluding hydrogens is 222 g/mol. The van der Waals surface area contributed by atoms with Crippen LogP contribution in [0.15, 0.2) is 24.3 Å². The molecule has 18 heavy (non-hydrogen) atoms. The van der Waals surface area contributed by atoms with E-state index in [1.165, 1.54) is 18.4 Å². The summed E-state index contributed by atoms with van der Waals surface area (Å²) in [5.74, 6) is 0. The van der Waals surface area contributed by atoms with Crippen LogP contribution in [0, 0.1) is 18.3 Å². The molecule has 94 valence electrons. The minimum atomic E-state index is -0.392. The number of nitrogens with one attached hydrogen (secondary N) is 1. The molecule has 0 bridgehead atoms. The standard InChI is InChI=1S/C15H19N3/c1-12-3-2-4-13(9-12)17-15(10-16)7-8-18(11-15)14-5-6-14/h2-4,9,14,17H,5-8,11H2,1H3. The van der Waals surface area contributed by atoms with Gasteiger partial charge in [-0.05, 0) is 43.9 Å². The highest BCUT2D eigenvalue weighted by Crippen LogP contribution is 2.34. The van der Waals surface area contributed by atoms with Crippen LogP contribution in [-0.4, -0.2) is 29.6 Å². The van der Waals surface area contributed by atoms with Crippen molar-refractivity contribution < 1.29 is 0 Å². The normalized spacial score (nSPS) is 28.0. The molecule has 3 rings (SSSR count). The first-order valence-corrected chi connectivity index (χ1v) is 6.71. The maximum Gasteiger partial charge on any atom is 0.139 e. The summed E-state index contributed by atoms with van der Waals surface area (Å²) in [6.45, 7) is 3.99. The van der Waals surface area contributed by atoms with Gasteiger partial charge >= 0.3 is 0 Å². The van der Waals surface area contributed by atoms with E-state index >= 15 is 0 Å². The van der Waals surface area contributed by atoms with Gasteiger partial charge < -0.3 is 5.32 Å². The van der Waals surface area contributed by atoms with Crippen LogP contribution in [0.1, 0.15) is 24.8 Å². The zero-order valence-corrected chi connectivity index (χ0v) is 10.8. The lowest BCUT2D eigenvalue weighted by atomic mass is 10.00. The van der Waals surface area contributed by atoms with E-state index in [1.54, 1.807) is 0 Å². The highest BCUT2D eigenvalue weighted by molar-refractivity contribution is 5.50. The molecule has 1 N–H and O–H groups in total. The molecule has 0 radical (unpaired) electrons. The van der Waals surface area contributed by atoms with Crippen molar-refractivity contribution >= 4 is 5.69 Å². The van der Waals surface area contributed by atoms with Crippen LogP contribution in [0.25, 0.3) is 0 Å². The molecule has 1 aliphatic heterocycles. The first-order chi connectivity index (χ1) is 8.71. The number of hydrogen-bond acceptors (Lipinski definition) is 3. The lowest BCUT2D eigenvalue weighted by molar-refractivity contribution is 0.319. The van der Waals surface area contributed by atoms with Crippen molar-refractivity contribution in [1.29, 1.82) is 5.26 Å². The zero-order chi connectivity index (χ0) is 12.6. The van der Waals surface area contributed by atoms with Gasteiger partial charge in [0.2, 0.25) is 0 Å². The van der Waals surface area contributed by atoms with E-state index in [9.17, 15) is 5.26 Å². The largest absolute Gasteiger partial charge is 0.366 e. The van der Waals surface area contributed by atoms with Gasteiger partial charge in [0.25, 0.3) is 0 Å². The second kappa shape index (κ2) is 4.29. The van der Waals surface area contributed by atoms with Crippen molar-refractivity contribution in [2.24, 2.45) is 0 Å². The van der Waals surface area contributed by atoms with Gasteiger partial charge in [0.15, 0.2) is 0 Å². The van der Waals surface area contributed by atoms with Gasteiger partial charge in [-0.1, -0.05) is 12.1 Å². The van der Waals surface area contributed by atoms with E-state index in [1.807, 2.05) is 12.1 Å². The van der Waals surface area contributed by atoms with E-state index in [-0.39, 0.29) is 0 Å². The molecule has 3 nitrogen and oxygen atoms in total. The molecular formula is C15H19N3. The molecule has 0 aromatic heterocycles. The molecule has 1 atom stereocenters. The van der Waals surface area contributed by atoms with Crippen LogP contribution < -0.4 is 5.32 Å². The minimum Gasteiger partial charge on any atom is -0.366 e. The van der Waals surface area contributed by atoms with Gasteiger partial charge in [0.1, 0.15) is 5.54 Å². The Morgan fingerprint density at radius 3 is 2.94 bits per heavy atom. The summed E-state index contributed by atoms with van der Waals surface area (Å²) in [6.07, 6.45) is 3.55. The van der Waals surface area contributed by atoms with Crippen LogP contribution in [0.4, 0.5) is 5.69 Å². The summed E-state index contributed by atoms with van der Waals surface area (Å²) in [5.41, 5.74) is 1.90. The first kappa shape index (κ1) is 11.6. The molecule has 0 spiro atoms. The maximum atomic E-state index is 9.53. The topological polar surface area (TPSA) is 39.1 Å². The van der Waals surface area contributed by atoms with Gasteiger partial charge in [-0.2, -0.15) is 5.26 Å². The number of likely N-dealkylation sites (tertiary alicyclic amines) is 1. The average Bonchev–Trinajstić information content (AvgIpc) is 3.12. The van der Waals surface area contributed by atoms with Crippen LogP contribution in [0.3, 0.4) is 0 Å². The molecule has 1 saturated heterocycles. The Labute approximate surface area is 108 Å². The summed E-state index contributed by atoms with van der Waals surface area (Å²) in [4.78, 5) is 2.46. The van der Waals surface area contributed by atoms with Crippen molar-refractivity contribution in [1.82, 2.24) is 4.90 Å². The molecule has 1 heterocycles. The molecule has 1 saturated carbocycles. The zero-order valence-electron chi connectivity index (χ0n) is 10.8. The molecule has 1 unspecified atom stereocenters. The third kappa shape index (κ3) is 2.21. The minimum absolute atomic E-state index is 0.392. The second-order valence-electron chi connectivity index (χ2n) is 5.64. The van der Waals surface area contributed by atoms with E-state index in [0.717, 1.165) is 31.2 Å². The Morgan fingerprint density at radius 1 is 1.44 bits per heavy atom. The van der Waals surface area contributed by atoms with Crippen molar-refractivity contribution in [3.8, 4) is 6.07 Å². The fourth-order valence-corrected chi connectivity index (χ4v) is 2.81. The summed E-state index contributed by atoms with van der Waals surface area (Å²) >= 11 is 0. The van der Waals surface area contributed by atoms with Crippen molar-refractivity contribution in [2.45, 2.75) is 37.8 Å². The molecule has 3 heteroatoms. The maximum absolute atomic E-state index is 9.53. The molecule has 0 amide bonds. The Kier molecular flexibility index (Phi) is 2.76. The lowest BCUT2D eigenvalue weighted by Gasteiger charge is -2.24. The summed E-state index contributed by atoms with van der Waals surface area (Å²) in [5, 5.41) is 13.0. The number of benzene rings is 1. The number of hydrogen-bond donors (Lipinski definition) is 1. The van der Waals surface area contributed by atoms with Gasteiger partial charge in [-0.15, -0.1) is 0 Å². The van der Waals surface area contributed by atoms with E-state index in [0.29, 0.717) is 0 Å².